The van der Waals surface area contributed by atoms with Crippen molar-refractivity contribution in [2.45, 2.75) is 48.8 Å². The summed E-state index contributed by atoms with van der Waals surface area (Å²) in [6.07, 6.45) is 2.41. The molecule has 1 saturated heterocycles. The number of nitrogen functional groups attached to an aromatic ring is 1. The summed E-state index contributed by atoms with van der Waals surface area (Å²) in [5.41, 5.74) is 10.8. The maximum Gasteiger partial charge on any atom is 0.266 e. The Balaban J connectivity index is 0.653. The van der Waals surface area contributed by atoms with Crippen LogP contribution in [0.3, 0.4) is 0 Å². The van der Waals surface area contributed by atoms with Crippen LogP contribution >= 0.6 is 0 Å². The monoisotopic (exact) mass is 1050 g/mol. The number of nitrogens with two attached hydrogens (primary N) is 1. The molecule has 1 atom stereocenters. The third kappa shape index (κ3) is 13.7. The molecule has 1 unspecified atom stereocenters. The van der Waals surface area contributed by atoms with Gasteiger partial charge in [0.15, 0.2) is 9.84 Å². The van der Waals surface area contributed by atoms with Gasteiger partial charge in [-0.3, -0.25) is 39.0 Å². The number of pyridine rings is 1. The Morgan fingerprint density at radius 2 is 1.36 bits per heavy atom. The van der Waals surface area contributed by atoms with Gasteiger partial charge in [0.05, 0.1) is 87.8 Å². The Bertz CT molecular complexity index is 3080. The number of amides is 5. The Kier molecular flexibility index (Phi) is 18.2. The third-order valence-corrected chi connectivity index (χ3v) is 14.2. The van der Waals surface area contributed by atoms with E-state index in [0.29, 0.717) is 80.4 Å². The van der Waals surface area contributed by atoms with Crippen LogP contribution < -0.4 is 21.1 Å². The zero-order valence-electron chi connectivity index (χ0n) is 40.9. The number of aromatic nitrogens is 1. The molecule has 3 aliphatic rings. The number of carbonyl (C=O) groups excluding carboxylic acids is 6. The molecule has 5 aromatic rings. The summed E-state index contributed by atoms with van der Waals surface area (Å²) in [7, 11) is -3.98. The number of nitrogens with one attached hydrogen (secondary N) is 2. The van der Waals surface area contributed by atoms with E-state index in [4.69, 9.17) is 34.2 Å². The van der Waals surface area contributed by atoms with E-state index in [1.165, 1.54) is 24.4 Å². The summed E-state index contributed by atoms with van der Waals surface area (Å²) in [6.45, 7) is 3.52. The maximum absolute atomic E-state index is 15.7. The van der Waals surface area contributed by atoms with Gasteiger partial charge in [-0.05, 0) is 71.5 Å². The van der Waals surface area contributed by atoms with Crippen molar-refractivity contribution in [2.24, 2.45) is 0 Å². The molecule has 4 N–H and O–H groups in total. The minimum Gasteiger partial charge on any atom is -0.490 e. The van der Waals surface area contributed by atoms with E-state index in [1.54, 1.807) is 54.6 Å². The molecule has 75 heavy (non-hydrogen) atoms. The first-order valence-electron chi connectivity index (χ1n) is 24.4. The highest BCUT2D eigenvalue weighted by Crippen LogP contribution is 2.35. The summed E-state index contributed by atoms with van der Waals surface area (Å²) in [4.78, 5) is 80.0. The fourth-order valence-electron chi connectivity index (χ4n) is 8.80. The van der Waals surface area contributed by atoms with E-state index in [9.17, 15) is 37.2 Å². The Labute approximate surface area is 432 Å². The highest BCUT2D eigenvalue weighted by atomic mass is 32.2. The molecular weight excluding hydrogens is 994 g/mol. The quantitative estimate of drug-likeness (QED) is 0.0485. The summed E-state index contributed by atoms with van der Waals surface area (Å²) < 4.78 is 76.1. The number of hydrogen-bond donors (Lipinski definition) is 3. The van der Waals surface area contributed by atoms with Gasteiger partial charge in [-0.15, -0.1) is 0 Å². The standard InChI is InChI=1S/C54H56FN5O14S/c55-45-31-40(8-10-41(45)38-30-44(50(56)58-32-38)36-7-9-42-37(29-36)13-15-57-51(42)63)75(67,68)33-35-4-1-3-34(27-35)28-39(61)14-16-69-17-18-70-19-20-71-21-22-72-23-24-73-25-26-74-47-6-2-5-43-49(47)54(66)60(53(43)65)46-11-12-48(62)59-52(46)64/h1-10,27,29-32,46H,11-26,28,33H2,(H2,56,58)(H,57,63)(H,59,62,64). The minimum absolute atomic E-state index is 0.0272. The van der Waals surface area contributed by atoms with Crippen LogP contribution in [0.2, 0.25) is 0 Å². The Morgan fingerprint density at radius 1 is 0.693 bits per heavy atom. The predicted octanol–water partition coefficient (Wildman–Crippen LogP) is 4.46. The largest absolute Gasteiger partial charge is 0.490 e. The van der Waals surface area contributed by atoms with Gasteiger partial charge in [0.2, 0.25) is 11.8 Å². The van der Waals surface area contributed by atoms with Gasteiger partial charge >= 0.3 is 0 Å². The molecule has 3 aliphatic heterocycles. The van der Waals surface area contributed by atoms with E-state index in [-0.39, 0.29) is 104 Å². The molecule has 0 bridgehead atoms. The number of Topliss-reactive ketones (excluding diaryl/α,β-unsaturated/α-hetero) is 1. The number of imide groups is 2. The second kappa shape index (κ2) is 25.3. The SMILES string of the molecule is Nc1ncc(-c2ccc(S(=O)(=O)Cc3cccc(CC(=O)CCOCCOCCOCCOCCOCCOc4cccc5c4C(=O)N(C4CCC(=O)NC4=O)C5=O)c3)cc2F)cc1-c1ccc2c(c1)CCNC2=O. The fraction of sp³-hybridized carbons (Fsp3) is 0.352. The van der Waals surface area contributed by atoms with Crippen LogP contribution in [0, 0.1) is 5.82 Å². The van der Waals surface area contributed by atoms with Gasteiger partial charge in [0, 0.05) is 54.3 Å². The van der Waals surface area contributed by atoms with Crippen molar-refractivity contribution in [1.82, 2.24) is 20.5 Å². The zero-order chi connectivity index (χ0) is 52.9. The van der Waals surface area contributed by atoms with Crippen molar-refractivity contribution in [3.8, 4) is 28.0 Å². The molecule has 0 saturated carbocycles. The van der Waals surface area contributed by atoms with E-state index < -0.39 is 51.1 Å². The average Bonchev–Trinajstić information content (AvgIpc) is 3.64. The smallest absolute Gasteiger partial charge is 0.266 e. The van der Waals surface area contributed by atoms with Crippen LogP contribution in [0.15, 0.2) is 96.0 Å². The van der Waals surface area contributed by atoms with Crippen molar-refractivity contribution in [1.29, 1.82) is 0 Å². The molecule has 21 heteroatoms. The van der Waals surface area contributed by atoms with Crippen LogP contribution in [0.4, 0.5) is 10.2 Å². The number of hydrogen-bond acceptors (Lipinski definition) is 16. The maximum atomic E-state index is 15.7. The predicted molar refractivity (Wildman–Crippen MR) is 269 cm³/mol. The third-order valence-electron chi connectivity index (χ3n) is 12.5. The number of ketones is 1. The summed E-state index contributed by atoms with van der Waals surface area (Å²) in [5.74, 6) is -3.35. The topological polar surface area (TPSA) is 258 Å². The summed E-state index contributed by atoms with van der Waals surface area (Å²) in [5, 5.41) is 4.99. The van der Waals surface area contributed by atoms with Crippen LogP contribution in [0.5, 0.6) is 5.75 Å². The van der Waals surface area contributed by atoms with Gasteiger partial charge in [-0.25, -0.2) is 17.8 Å². The van der Waals surface area contributed by atoms with E-state index in [2.05, 4.69) is 15.6 Å². The number of anilines is 1. The molecule has 5 amide bonds. The number of nitrogens with zero attached hydrogens (tertiary/aromatic N) is 2. The fourth-order valence-corrected chi connectivity index (χ4v) is 10.1. The van der Waals surface area contributed by atoms with E-state index in [1.807, 2.05) is 6.07 Å². The lowest BCUT2D eigenvalue weighted by Crippen LogP contribution is -2.54. The van der Waals surface area contributed by atoms with Crippen molar-refractivity contribution >= 4 is 51.0 Å². The number of carbonyl (C=O) groups is 6. The molecule has 4 heterocycles. The zero-order valence-corrected chi connectivity index (χ0v) is 41.8. The van der Waals surface area contributed by atoms with Gasteiger partial charge in [0.1, 0.15) is 35.8 Å². The van der Waals surface area contributed by atoms with Gasteiger partial charge in [0.25, 0.3) is 17.7 Å². The average molecular weight is 1050 g/mol. The molecule has 4 aromatic carbocycles. The molecule has 1 aromatic heterocycles. The van der Waals surface area contributed by atoms with E-state index >= 15 is 4.39 Å². The lowest BCUT2D eigenvalue weighted by Gasteiger charge is -2.27. The van der Waals surface area contributed by atoms with Gasteiger partial charge < -0.3 is 39.5 Å². The Hall–Kier alpha value is -7.27. The number of piperidine rings is 1. The number of ether oxygens (including phenoxy) is 6. The van der Waals surface area contributed by atoms with Crippen molar-refractivity contribution < 1.29 is 70.0 Å². The first-order valence-corrected chi connectivity index (χ1v) is 26.1. The Morgan fingerprint density at radius 3 is 2.07 bits per heavy atom. The normalized spacial score (nSPS) is 15.4. The van der Waals surface area contributed by atoms with Crippen molar-refractivity contribution in [2.75, 3.05) is 85.0 Å². The second-order valence-corrected chi connectivity index (χ2v) is 19.7. The summed E-state index contributed by atoms with van der Waals surface area (Å²) in [6, 6.07) is 21.1. The molecular formula is C54H56FN5O14S. The number of benzene rings is 4. The molecule has 0 radical (unpaired) electrons. The molecule has 8 rings (SSSR count). The van der Waals surface area contributed by atoms with Crippen LogP contribution in [-0.4, -0.2) is 139 Å². The number of halogens is 1. The first kappa shape index (κ1) is 54.0. The molecule has 0 aliphatic carbocycles. The highest BCUT2D eigenvalue weighted by molar-refractivity contribution is 7.90. The number of fused-ring (bicyclic) bond motifs is 2. The lowest BCUT2D eigenvalue weighted by molar-refractivity contribution is -0.136. The molecule has 394 valence electrons. The molecule has 19 nitrogen and oxygen atoms in total. The van der Waals surface area contributed by atoms with Gasteiger partial charge in [-0.2, -0.15) is 0 Å². The highest BCUT2D eigenvalue weighted by Gasteiger charge is 2.46. The van der Waals surface area contributed by atoms with Gasteiger partial charge in [-0.1, -0.05) is 48.5 Å². The van der Waals surface area contributed by atoms with E-state index in [0.717, 1.165) is 22.1 Å². The molecule has 1 fully saturated rings. The van der Waals surface area contributed by atoms with Crippen LogP contribution in [0.1, 0.15) is 67.0 Å². The van der Waals surface area contributed by atoms with Crippen molar-refractivity contribution in [3.63, 3.8) is 0 Å². The number of rotatable bonds is 27. The first-order chi connectivity index (χ1) is 36.3. The van der Waals surface area contributed by atoms with Crippen molar-refractivity contribution in [3.05, 3.63) is 130 Å². The molecule has 0 spiro atoms. The summed E-state index contributed by atoms with van der Waals surface area (Å²) >= 11 is 0. The van der Waals surface area contributed by atoms with Crippen LogP contribution in [-0.2, 0) is 66.5 Å². The van der Waals surface area contributed by atoms with Crippen LogP contribution in [0.25, 0.3) is 22.3 Å². The second-order valence-electron chi connectivity index (χ2n) is 17.8. The number of sulfone groups is 1. The minimum atomic E-state index is -3.98. The lowest BCUT2D eigenvalue weighted by atomic mass is 9.94.